The Balaban J connectivity index is 2.17. The molecule has 1 aromatic carbocycles. The van der Waals surface area contributed by atoms with Gasteiger partial charge in [0.25, 0.3) is 0 Å². The quantitative estimate of drug-likeness (QED) is 0.799. The van der Waals surface area contributed by atoms with E-state index in [2.05, 4.69) is 24.4 Å². The fourth-order valence-electron chi connectivity index (χ4n) is 2.79. The molecule has 1 heterocycles. The molecule has 0 aliphatic carbocycles. The molecule has 0 bridgehead atoms. The average molecular weight is 261 g/mol. The van der Waals surface area contributed by atoms with Gasteiger partial charge in [-0.3, -0.25) is 4.79 Å². The lowest BCUT2D eigenvalue weighted by Crippen LogP contribution is -2.47. The van der Waals surface area contributed by atoms with Crippen molar-refractivity contribution in [3.63, 3.8) is 0 Å². The van der Waals surface area contributed by atoms with E-state index in [1.807, 2.05) is 18.2 Å². The van der Waals surface area contributed by atoms with Gasteiger partial charge in [0.05, 0.1) is 5.41 Å². The van der Waals surface area contributed by atoms with Crippen molar-refractivity contribution in [1.29, 1.82) is 0 Å². The van der Waals surface area contributed by atoms with Gasteiger partial charge >= 0.3 is 0 Å². The maximum Gasteiger partial charge on any atom is 0.169 e. The van der Waals surface area contributed by atoms with Gasteiger partial charge in [-0.1, -0.05) is 37.3 Å². The minimum absolute atomic E-state index is 0.230. The number of hydrogen-bond donors (Lipinski definition) is 1. The number of piperidine rings is 1. The molecule has 0 unspecified atom stereocenters. The Morgan fingerprint density at radius 1 is 1.26 bits per heavy atom. The molecule has 3 nitrogen and oxygen atoms in total. The zero-order valence-corrected chi connectivity index (χ0v) is 11.7. The summed E-state index contributed by atoms with van der Waals surface area (Å²) in [6, 6.07) is 10.2. The van der Waals surface area contributed by atoms with Gasteiger partial charge in [0, 0.05) is 6.61 Å². The van der Waals surface area contributed by atoms with Gasteiger partial charge in [0.2, 0.25) is 0 Å². The van der Waals surface area contributed by atoms with E-state index in [4.69, 9.17) is 4.74 Å². The Bertz CT molecular complexity index is 396. The molecular weight excluding hydrogens is 238 g/mol. The Morgan fingerprint density at radius 2 is 1.95 bits per heavy atom. The first-order chi connectivity index (χ1) is 9.29. The van der Waals surface area contributed by atoms with E-state index in [0.717, 1.165) is 37.9 Å². The number of carbonyl (C=O) groups is 1. The summed E-state index contributed by atoms with van der Waals surface area (Å²) in [5.41, 5.74) is 0.793. The van der Waals surface area contributed by atoms with Crippen LogP contribution in [0.4, 0.5) is 0 Å². The lowest BCUT2D eigenvalue weighted by atomic mass is 9.70. The van der Waals surface area contributed by atoms with Crippen LogP contribution in [-0.4, -0.2) is 32.1 Å². The zero-order valence-electron chi connectivity index (χ0n) is 11.7. The maximum absolute atomic E-state index is 12.6. The van der Waals surface area contributed by atoms with Gasteiger partial charge in [-0.05, 0) is 37.9 Å². The summed E-state index contributed by atoms with van der Waals surface area (Å²) in [4.78, 5) is 12.6. The molecule has 2 rings (SSSR count). The highest BCUT2D eigenvalue weighted by molar-refractivity contribution is 5.91. The highest BCUT2D eigenvalue weighted by Crippen LogP contribution is 2.34. The number of nitrogens with one attached hydrogen (secondary N) is 1. The molecule has 1 aromatic rings. The normalized spacial score (nSPS) is 18.2. The number of ketones is 1. The lowest BCUT2D eigenvalue weighted by Gasteiger charge is -2.36. The second-order valence-corrected chi connectivity index (χ2v) is 5.17. The Morgan fingerprint density at radius 3 is 2.58 bits per heavy atom. The highest BCUT2D eigenvalue weighted by atomic mass is 16.5. The number of ether oxygens (including phenoxy) is 1. The van der Waals surface area contributed by atoms with Crippen molar-refractivity contribution in [2.75, 3.05) is 26.3 Å². The van der Waals surface area contributed by atoms with Crippen molar-refractivity contribution in [1.82, 2.24) is 5.32 Å². The van der Waals surface area contributed by atoms with Crippen molar-refractivity contribution in [3.05, 3.63) is 35.9 Å². The topological polar surface area (TPSA) is 38.3 Å². The van der Waals surface area contributed by atoms with Gasteiger partial charge in [0.1, 0.15) is 6.61 Å². The van der Waals surface area contributed by atoms with Gasteiger partial charge in [0.15, 0.2) is 5.78 Å². The van der Waals surface area contributed by atoms with Crippen LogP contribution < -0.4 is 5.32 Å². The first kappa shape index (κ1) is 14.2. The van der Waals surface area contributed by atoms with Crippen LogP contribution in [0.3, 0.4) is 0 Å². The third kappa shape index (κ3) is 3.23. The average Bonchev–Trinajstić information content (AvgIpc) is 2.49. The largest absolute Gasteiger partial charge is 0.374 e. The molecule has 1 fully saturated rings. The number of hydrogen-bond acceptors (Lipinski definition) is 3. The van der Waals surface area contributed by atoms with Crippen LogP contribution in [0.25, 0.3) is 0 Å². The summed E-state index contributed by atoms with van der Waals surface area (Å²) >= 11 is 0. The predicted octanol–water partition coefficient (Wildman–Crippen LogP) is 2.30. The molecule has 0 amide bonds. The van der Waals surface area contributed by atoms with Crippen LogP contribution in [0.5, 0.6) is 0 Å². The number of Topliss-reactive ketones (excluding diaryl/α,β-unsaturated/α-hetero) is 1. The molecule has 0 saturated carbocycles. The van der Waals surface area contributed by atoms with E-state index in [0.29, 0.717) is 6.61 Å². The van der Waals surface area contributed by atoms with Gasteiger partial charge in [-0.25, -0.2) is 0 Å². The van der Waals surface area contributed by atoms with Crippen molar-refractivity contribution in [2.45, 2.75) is 31.6 Å². The summed E-state index contributed by atoms with van der Waals surface area (Å²) in [6.07, 6.45) is 2.68. The van der Waals surface area contributed by atoms with Crippen LogP contribution in [0.2, 0.25) is 0 Å². The monoisotopic (exact) mass is 261 g/mol. The SMILES string of the molecule is CCCOCC(=O)C1(c2ccccc2)CCNCC1. The first-order valence-electron chi connectivity index (χ1n) is 7.17. The van der Waals surface area contributed by atoms with E-state index in [9.17, 15) is 4.79 Å². The van der Waals surface area contributed by atoms with Crippen LogP contribution in [0.15, 0.2) is 30.3 Å². The zero-order chi connectivity index (χ0) is 13.6. The van der Waals surface area contributed by atoms with E-state index in [-0.39, 0.29) is 17.8 Å². The summed E-state index contributed by atoms with van der Waals surface area (Å²) in [6.45, 7) is 4.75. The molecule has 0 aromatic heterocycles. The molecule has 1 aliphatic heterocycles. The third-order valence-corrected chi connectivity index (χ3v) is 3.90. The summed E-state index contributed by atoms with van der Waals surface area (Å²) < 4.78 is 5.47. The number of carbonyl (C=O) groups excluding carboxylic acids is 1. The third-order valence-electron chi connectivity index (χ3n) is 3.90. The molecule has 0 radical (unpaired) electrons. The summed E-state index contributed by atoms with van der Waals surface area (Å²) in [7, 11) is 0. The van der Waals surface area contributed by atoms with Gasteiger partial charge in [-0.2, -0.15) is 0 Å². The van der Waals surface area contributed by atoms with Crippen molar-refractivity contribution >= 4 is 5.78 Å². The molecule has 3 heteroatoms. The van der Waals surface area contributed by atoms with E-state index < -0.39 is 0 Å². The van der Waals surface area contributed by atoms with Crippen LogP contribution in [0.1, 0.15) is 31.7 Å². The summed E-state index contributed by atoms with van der Waals surface area (Å²) in [5.74, 6) is 0.230. The molecular formula is C16H23NO2. The molecule has 1 saturated heterocycles. The van der Waals surface area contributed by atoms with Crippen molar-refractivity contribution < 1.29 is 9.53 Å². The van der Waals surface area contributed by atoms with Crippen LogP contribution >= 0.6 is 0 Å². The molecule has 0 spiro atoms. The van der Waals surface area contributed by atoms with E-state index in [1.54, 1.807) is 0 Å². The highest BCUT2D eigenvalue weighted by Gasteiger charge is 2.40. The minimum atomic E-state index is -0.347. The summed E-state index contributed by atoms with van der Waals surface area (Å²) in [5, 5.41) is 3.34. The second kappa shape index (κ2) is 6.83. The van der Waals surface area contributed by atoms with Crippen molar-refractivity contribution in [2.24, 2.45) is 0 Å². The fourth-order valence-corrected chi connectivity index (χ4v) is 2.79. The van der Waals surface area contributed by atoms with Gasteiger partial charge in [-0.15, -0.1) is 0 Å². The molecule has 1 N–H and O–H groups in total. The van der Waals surface area contributed by atoms with Crippen molar-refractivity contribution in [3.8, 4) is 0 Å². The molecule has 104 valence electrons. The van der Waals surface area contributed by atoms with Crippen LogP contribution in [0, 0.1) is 0 Å². The Hall–Kier alpha value is -1.19. The number of benzene rings is 1. The number of rotatable bonds is 6. The maximum atomic E-state index is 12.6. The molecule has 0 atom stereocenters. The van der Waals surface area contributed by atoms with Crippen LogP contribution in [-0.2, 0) is 14.9 Å². The molecule has 1 aliphatic rings. The Kier molecular flexibility index (Phi) is 5.11. The second-order valence-electron chi connectivity index (χ2n) is 5.17. The molecule has 19 heavy (non-hydrogen) atoms. The first-order valence-corrected chi connectivity index (χ1v) is 7.17. The van der Waals surface area contributed by atoms with E-state index in [1.165, 1.54) is 0 Å². The van der Waals surface area contributed by atoms with Gasteiger partial charge < -0.3 is 10.1 Å². The fraction of sp³-hybridized carbons (Fsp3) is 0.562. The Labute approximate surface area is 115 Å². The van der Waals surface area contributed by atoms with E-state index >= 15 is 0 Å². The standard InChI is InChI=1S/C16H23NO2/c1-2-12-19-13-15(18)16(8-10-17-11-9-16)14-6-4-3-5-7-14/h3-7,17H,2,8-13H2,1H3. The predicted molar refractivity (Wildman–Crippen MR) is 76.3 cm³/mol. The lowest BCUT2D eigenvalue weighted by molar-refractivity contribution is -0.130. The minimum Gasteiger partial charge on any atom is -0.374 e. The smallest absolute Gasteiger partial charge is 0.169 e.